The van der Waals surface area contributed by atoms with Crippen molar-refractivity contribution in [1.82, 2.24) is 9.13 Å². The third kappa shape index (κ3) is 5.08. The number of hydrogen-bond acceptors (Lipinski definition) is 0. The van der Waals surface area contributed by atoms with E-state index in [0.717, 1.165) is 0 Å². The SMILES string of the molecule is CC(C)(C)c1ccccc1-n1c2ccccc2c2ccc(-c3ccc4c(c3)c3ccccc3n4-c3cccc(-c4ccccc4)c3C(C)(C)C)cc21. The fraction of sp³-hybridized carbons (Fsp3) is 0.160. The van der Waals surface area contributed by atoms with Gasteiger partial charge in [-0.2, -0.15) is 0 Å². The number of para-hydroxylation sites is 3. The molecule has 0 atom stereocenters. The Balaban J connectivity index is 1.28. The van der Waals surface area contributed by atoms with Crippen molar-refractivity contribution in [1.29, 1.82) is 0 Å². The highest BCUT2D eigenvalue weighted by atomic mass is 15.0. The summed E-state index contributed by atoms with van der Waals surface area (Å²) in [5, 5.41) is 5.07. The Bertz CT molecular complexity index is 2800. The maximum Gasteiger partial charge on any atom is 0.0547 e. The highest BCUT2D eigenvalue weighted by Crippen LogP contribution is 2.43. The van der Waals surface area contributed by atoms with E-state index in [0.29, 0.717) is 0 Å². The fourth-order valence-electron chi connectivity index (χ4n) is 8.50. The molecule has 9 aromatic rings. The van der Waals surface area contributed by atoms with Crippen LogP contribution in [-0.2, 0) is 10.8 Å². The molecule has 0 radical (unpaired) electrons. The molecule has 0 saturated heterocycles. The van der Waals surface area contributed by atoms with Gasteiger partial charge in [0, 0.05) is 27.2 Å². The largest absolute Gasteiger partial charge is 0.309 e. The van der Waals surface area contributed by atoms with Crippen LogP contribution >= 0.6 is 0 Å². The molecular weight excluding hydrogens is 629 g/mol. The topological polar surface area (TPSA) is 9.86 Å². The molecule has 254 valence electrons. The minimum absolute atomic E-state index is 0.00137. The molecule has 0 aliphatic rings. The molecule has 2 heteroatoms. The van der Waals surface area contributed by atoms with Gasteiger partial charge >= 0.3 is 0 Å². The van der Waals surface area contributed by atoms with Gasteiger partial charge in [0.25, 0.3) is 0 Å². The molecule has 2 heterocycles. The molecular formula is C50H44N2. The van der Waals surface area contributed by atoms with E-state index in [9.17, 15) is 0 Å². The molecule has 0 spiro atoms. The average Bonchev–Trinajstić information content (AvgIpc) is 3.66. The van der Waals surface area contributed by atoms with E-state index in [1.165, 1.54) is 88.4 Å². The summed E-state index contributed by atoms with van der Waals surface area (Å²) in [5.41, 5.74) is 14.9. The van der Waals surface area contributed by atoms with Crippen LogP contribution < -0.4 is 0 Å². The molecule has 7 aromatic carbocycles. The molecule has 0 bridgehead atoms. The van der Waals surface area contributed by atoms with Crippen LogP contribution in [0, 0.1) is 0 Å². The first-order chi connectivity index (χ1) is 25.1. The first-order valence-electron chi connectivity index (χ1n) is 18.5. The predicted octanol–water partition coefficient (Wildman–Crippen LogP) is 13.8. The van der Waals surface area contributed by atoms with Crippen molar-refractivity contribution >= 4 is 43.6 Å². The molecule has 0 fully saturated rings. The Morgan fingerprint density at radius 1 is 0.346 bits per heavy atom. The van der Waals surface area contributed by atoms with Crippen molar-refractivity contribution in [2.75, 3.05) is 0 Å². The highest BCUT2D eigenvalue weighted by molar-refractivity contribution is 6.12. The lowest BCUT2D eigenvalue weighted by Gasteiger charge is -2.28. The minimum Gasteiger partial charge on any atom is -0.309 e. The van der Waals surface area contributed by atoms with Crippen LogP contribution in [0.5, 0.6) is 0 Å². The maximum atomic E-state index is 2.49. The van der Waals surface area contributed by atoms with Gasteiger partial charge in [0.05, 0.1) is 27.8 Å². The van der Waals surface area contributed by atoms with Gasteiger partial charge in [0.1, 0.15) is 0 Å². The van der Waals surface area contributed by atoms with Gasteiger partial charge in [0.2, 0.25) is 0 Å². The Hall–Kier alpha value is -5.86. The lowest BCUT2D eigenvalue weighted by Crippen LogP contribution is -2.17. The zero-order chi connectivity index (χ0) is 35.8. The Labute approximate surface area is 306 Å². The van der Waals surface area contributed by atoms with Crippen LogP contribution in [0.15, 0.2) is 158 Å². The third-order valence-corrected chi connectivity index (χ3v) is 10.8. The molecule has 0 N–H and O–H groups in total. The van der Waals surface area contributed by atoms with E-state index in [4.69, 9.17) is 0 Å². The van der Waals surface area contributed by atoms with Gasteiger partial charge in [-0.15, -0.1) is 0 Å². The van der Waals surface area contributed by atoms with E-state index in [-0.39, 0.29) is 10.8 Å². The normalized spacial score (nSPS) is 12.4. The summed E-state index contributed by atoms with van der Waals surface area (Å²) in [6.07, 6.45) is 0. The average molecular weight is 673 g/mol. The molecule has 9 rings (SSSR count). The second-order valence-electron chi connectivity index (χ2n) is 16.3. The second kappa shape index (κ2) is 11.9. The van der Waals surface area contributed by atoms with Gasteiger partial charge in [-0.05, 0) is 86.7 Å². The second-order valence-corrected chi connectivity index (χ2v) is 16.3. The first-order valence-corrected chi connectivity index (χ1v) is 18.5. The zero-order valence-electron chi connectivity index (χ0n) is 30.9. The molecule has 0 aliphatic carbocycles. The summed E-state index contributed by atoms with van der Waals surface area (Å²) in [6, 6.07) is 58.3. The van der Waals surface area contributed by atoms with Crippen molar-refractivity contribution in [2.24, 2.45) is 0 Å². The zero-order valence-corrected chi connectivity index (χ0v) is 30.9. The van der Waals surface area contributed by atoms with Gasteiger partial charge in [0.15, 0.2) is 0 Å². The summed E-state index contributed by atoms with van der Waals surface area (Å²) in [7, 11) is 0. The van der Waals surface area contributed by atoms with Gasteiger partial charge in [-0.3, -0.25) is 0 Å². The first kappa shape index (κ1) is 32.1. The Morgan fingerprint density at radius 2 is 0.885 bits per heavy atom. The summed E-state index contributed by atoms with van der Waals surface area (Å²) >= 11 is 0. The maximum absolute atomic E-state index is 2.49. The number of fused-ring (bicyclic) bond motifs is 6. The van der Waals surface area contributed by atoms with Crippen molar-refractivity contribution in [3.8, 4) is 33.6 Å². The van der Waals surface area contributed by atoms with Crippen LogP contribution in [0.25, 0.3) is 77.2 Å². The number of rotatable bonds is 4. The van der Waals surface area contributed by atoms with Crippen LogP contribution in [-0.4, -0.2) is 9.13 Å². The van der Waals surface area contributed by atoms with Crippen LogP contribution in [0.3, 0.4) is 0 Å². The number of aromatic nitrogens is 2. The van der Waals surface area contributed by atoms with E-state index in [1.54, 1.807) is 0 Å². The van der Waals surface area contributed by atoms with Crippen LogP contribution in [0.4, 0.5) is 0 Å². The predicted molar refractivity (Wildman–Crippen MR) is 223 cm³/mol. The molecule has 52 heavy (non-hydrogen) atoms. The Kier molecular flexibility index (Phi) is 7.31. The lowest BCUT2D eigenvalue weighted by atomic mass is 9.80. The summed E-state index contributed by atoms with van der Waals surface area (Å²) in [6.45, 7) is 13.9. The highest BCUT2D eigenvalue weighted by Gasteiger charge is 2.26. The molecule has 0 aliphatic heterocycles. The van der Waals surface area contributed by atoms with Gasteiger partial charge in [-0.1, -0.05) is 157 Å². The molecule has 0 amide bonds. The van der Waals surface area contributed by atoms with Crippen LogP contribution in [0.1, 0.15) is 52.7 Å². The molecule has 2 nitrogen and oxygen atoms in total. The Morgan fingerprint density at radius 3 is 1.60 bits per heavy atom. The van der Waals surface area contributed by atoms with Gasteiger partial charge < -0.3 is 9.13 Å². The quantitative estimate of drug-likeness (QED) is 0.176. The monoisotopic (exact) mass is 672 g/mol. The summed E-state index contributed by atoms with van der Waals surface area (Å²) in [4.78, 5) is 0. The summed E-state index contributed by atoms with van der Waals surface area (Å²) < 4.78 is 4.97. The van der Waals surface area contributed by atoms with E-state index < -0.39 is 0 Å². The van der Waals surface area contributed by atoms with Crippen molar-refractivity contribution in [3.05, 3.63) is 169 Å². The summed E-state index contributed by atoms with van der Waals surface area (Å²) in [5.74, 6) is 0. The van der Waals surface area contributed by atoms with E-state index in [2.05, 4.69) is 208 Å². The van der Waals surface area contributed by atoms with Crippen molar-refractivity contribution in [2.45, 2.75) is 52.4 Å². The number of nitrogens with zero attached hydrogens (tertiary/aromatic N) is 2. The van der Waals surface area contributed by atoms with Gasteiger partial charge in [-0.25, -0.2) is 0 Å². The molecule has 2 aromatic heterocycles. The molecule has 0 unspecified atom stereocenters. The number of hydrogen-bond donors (Lipinski definition) is 0. The third-order valence-electron chi connectivity index (χ3n) is 10.8. The minimum atomic E-state index is -0.0844. The molecule has 0 saturated carbocycles. The van der Waals surface area contributed by atoms with E-state index in [1.807, 2.05) is 0 Å². The lowest BCUT2D eigenvalue weighted by molar-refractivity contribution is 0.587. The van der Waals surface area contributed by atoms with Crippen LogP contribution in [0.2, 0.25) is 0 Å². The smallest absolute Gasteiger partial charge is 0.0547 e. The van der Waals surface area contributed by atoms with Crippen molar-refractivity contribution in [3.63, 3.8) is 0 Å². The van der Waals surface area contributed by atoms with E-state index >= 15 is 0 Å². The number of benzene rings is 7. The fourth-order valence-corrected chi connectivity index (χ4v) is 8.50. The standard InChI is InChI=1S/C50H44N2/c1-49(2,3)41-22-12-15-25-45(41)52-42-23-13-10-19-37(42)39-29-27-35(32-47(39)52)34-28-30-44-40(31-34)38-20-11-14-24-43(38)51(44)46-26-16-21-36(48(46)50(4,5)6)33-17-8-7-9-18-33/h7-32H,1-6H3. The van der Waals surface area contributed by atoms with Crippen molar-refractivity contribution < 1.29 is 0 Å².